The molecule has 0 bridgehead atoms. The summed E-state index contributed by atoms with van der Waals surface area (Å²) < 4.78 is 32.5. The van der Waals surface area contributed by atoms with E-state index >= 15 is 0 Å². The Balaban J connectivity index is 2.40. The second-order valence-electron chi connectivity index (χ2n) is 7.73. The van der Waals surface area contributed by atoms with E-state index in [1.165, 1.54) is 24.3 Å². The van der Waals surface area contributed by atoms with Crippen molar-refractivity contribution in [2.45, 2.75) is 57.4 Å². The van der Waals surface area contributed by atoms with Gasteiger partial charge in [-0.3, -0.25) is 9.59 Å². The highest BCUT2D eigenvalue weighted by atomic mass is 32.2. The van der Waals surface area contributed by atoms with Crippen LogP contribution in [0.1, 0.15) is 57.3 Å². The minimum absolute atomic E-state index is 0.0721. The highest BCUT2D eigenvalue weighted by Gasteiger charge is 2.22. The maximum atomic E-state index is 12.3. The molecule has 1 aromatic carbocycles. The number of unbranched alkanes of at least 4 members (excludes halogenated alkanes) is 1. The van der Waals surface area contributed by atoms with E-state index in [9.17, 15) is 18.0 Å². The molecule has 0 fully saturated rings. The van der Waals surface area contributed by atoms with Crippen LogP contribution >= 0.6 is 0 Å². The molecule has 0 aliphatic carbocycles. The first-order valence-electron chi connectivity index (χ1n) is 9.82. The molecule has 0 unspecified atom stereocenters. The van der Waals surface area contributed by atoms with Crippen LogP contribution in [-0.4, -0.2) is 52.1 Å². The topological polar surface area (TPSA) is 114 Å². The van der Waals surface area contributed by atoms with Crippen molar-refractivity contribution >= 4 is 21.8 Å². The standard InChI is InChI=1S/C20H33N3O5S/c1-5-6-13-28-14-7-12-21-18(24)15-22-19(25)16-8-10-17(11-9-16)29(26,27)23-20(2,3)4/h8-11,23H,5-7,12-15H2,1-4H3,(H,21,24)(H,22,25). The van der Waals surface area contributed by atoms with Crippen molar-refractivity contribution in [1.82, 2.24) is 15.4 Å². The van der Waals surface area contributed by atoms with Gasteiger partial charge in [-0.1, -0.05) is 13.3 Å². The fourth-order valence-corrected chi connectivity index (χ4v) is 3.74. The van der Waals surface area contributed by atoms with Crippen LogP contribution in [0.3, 0.4) is 0 Å². The lowest BCUT2D eigenvalue weighted by Crippen LogP contribution is -2.40. The predicted molar refractivity (Wildman–Crippen MR) is 112 cm³/mol. The molecule has 3 N–H and O–H groups in total. The number of ether oxygens (including phenoxy) is 1. The molecule has 29 heavy (non-hydrogen) atoms. The molecule has 2 amide bonds. The van der Waals surface area contributed by atoms with E-state index in [1.54, 1.807) is 20.8 Å². The van der Waals surface area contributed by atoms with Gasteiger partial charge in [0.05, 0.1) is 11.4 Å². The first-order valence-corrected chi connectivity index (χ1v) is 11.3. The third-order valence-electron chi connectivity index (χ3n) is 3.71. The van der Waals surface area contributed by atoms with Gasteiger partial charge in [0.2, 0.25) is 15.9 Å². The molecule has 0 atom stereocenters. The normalized spacial score (nSPS) is 11.9. The van der Waals surface area contributed by atoms with Gasteiger partial charge >= 0.3 is 0 Å². The van der Waals surface area contributed by atoms with E-state index in [-0.39, 0.29) is 22.9 Å². The Bertz CT molecular complexity index is 755. The second-order valence-corrected chi connectivity index (χ2v) is 9.41. The van der Waals surface area contributed by atoms with Crippen molar-refractivity contribution in [2.24, 2.45) is 0 Å². The van der Waals surface area contributed by atoms with Gasteiger partial charge in [-0.05, 0) is 57.9 Å². The van der Waals surface area contributed by atoms with Crippen LogP contribution in [0, 0.1) is 0 Å². The van der Waals surface area contributed by atoms with Gasteiger partial charge < -0.3 is 15.4 Å². The summed E-state index contributed by atoms with van der Waals surface area (Å²) in [5.41, 5.74) is -0.332. The third-order valence-corrected chi connectivity index (χ3v) is 5.48. The Hall–Kier alpha value is -1.97. The Morgan fingerprint density at radius 1 is 1.00 bits per heavy atom. The molecule has 9 heteroatoms. The molecular weight excluding hydrogens is 394 g/mol. The van der Waals surface area contributed by atoms with Crippen molar-refractivity contribution in [3.05, 3.63) is 29.8 Å². The van der Waals surface area contributed by atoms with E-state index in [1.807, 2.05) is 0 Å². The molecule has 0 saturated carbocycles. The molecular formula is C20H33N3O5S. The van der Waals surface area contributed by atoms with E-state index in [0.29, 0.717) is 19.6 Å². The van der Waals surface area contributed by atoms with E-state index in [0.717, 1.165) is 19.4 Å². The molecule has 0 spiro atoms. The van der Waals surface area contributed by atoms with Crippen LogP contribution in [0.25, 0.3) is 0 Å². The summed E-state index contributed by atoms with van der Waals surface area (Å²) in [5.74, 6) is -0.740. The molecule has 0 aliphatic rings. The third kappa shape index (κ3) is 10.4. The minimum Gasteiger partial charge on any atom is -0.381 e. The number of nitrogens with one attached hydrogen (secondary N) is 3. The van der Waals surface area contributed by atoms with Crippen molar-refractivity contribution < 1.29 is 22.7 Å². The molecule has 164 valence electrons. The Morgan fingerprint density at radius 2 is 1.62 bits per heavy atom. The van der Waals surface area contributed by atoms with E-state index in [4.69, 9.17) is 4.74 Å². The number of carbonyl (C=O) groups excluding carboxylic acids is 2. The van der Waals surface area contributed by atoms with E-state index in [2.05, 4.69) is 22.3 Å². The number of sulfonamides is 1. The summed E-state index contributed by atoms with van der Waals surface area (Å²) in [4.78, 5) is 24.0. The summed E-state index contributed by atoms with van der Waals surface area (Å²) in [7, 11) is -3.66. The molecule has 8 nitrogen and oxygen atoms in total. The Kier molecular flexibility index (Phi) is 10.3. The number of hydrogen-bond donors (Lipinski definition) is 3. The number of benzene rings is 1. The zero-order valence-corrected chi connectivity index (χ0v) is 18.5. The molecule has 0 saturated heterocycles. The lowest BCUT2D eigenvalue weighted by Gasteiger charge is -2.20. The van der Waals surface area contributed by atoms with Gasteiger partial charge in [0.15, 0.2) is 0 Å². The molecule has 0 aliphatic heterocycles. The van der Waals surface area contributed by atoms with E-state index < -0.39 is 21.5 Å². The van der Waals surface area contributed by atoms with Gasteiger partial charge in [0.1, 0.15) is 0 Å². The predicted octanol–water partition coefficient (Wildman–Crippen LogP) is 1.82. The zero-order chi connectivity index (χ0) is 21.9. The van der Waals surface area contributed by atoms with Crippen molar-refractivity contribution in [1.29, 1.82) is 0 Å². The first kappa shape index (κ1) is 25.1. The summed E-state index contributed by atoms with van der Waals surface area (Å²) >= 11 is 0. The van der Waals surface area contributed by atoms with Crippen LogP contribution in [-0.2, 0) is 19.6 Å². The van der Waals surface area contributed by atoms with Crippen LogP contribution in [0.15, 0.2) is 29.2 Å². The van der Waals surface area contributed by atoms with Crippen LogP contribution in [0.2, 0.25) is 0 Å². The molecule has 1 aromatic rings. The molecule has 1 rings (SSSR count). The monoisotopic (exact) mass is 427 g/mol. The lowest BCUT2D eigenvalue weighted by molar-refractivity contribution is -0.120. The summed E-state index contributed by atoms with van der Waals surface area (Å²) in [6, 6.07) is 5.55. The fraction of sp³-hybridized carbons (Fsp3) is 0.600. The van der Waals surface area contributed by atoms with Gasteiger partial charge in [0.25, 0.3) is 5.91 Å². The largest absolute Gasteiger partial charge is 0.381 e. The van der Waals surface area contributed by atoms with Crippen molar-refractivity contribution in [3.63, 3.8) is 0 Å². The molecule has 0 heterocycles. The van der Waals surface area contributed by atoms with Gasteiger partial charge in [-0.15, -0.1) is 0 Å². The average molecular weight is 428 g/mol. The second kappa shape index (κ2) is 11.9. The Morgan fingerprint density at radius 3 is 2.21 bits per heavy atom. The highest BCUT2D eigenvalue weighted by Crippen LogP contribution is 2.13. The molecule has 0 radical (unpaired) electrons. The maximum absolute atomic E-state index is 12.3. The van der Waals surface area contributed by atoms with Crippen molar-refractivity contribution in [3.8, 4) is 0 Å². The maximum Gasteiger partial charge on any atom is 0.251 e. The Labute approximate surface area is 173 Å². The highest BCUT2D eigenvalue weighted by molar-refractivity contribution is 7.89. The smallest absolute Gasteiger partial charge is 0.251 e. The van der Waals surface area contributed by atoms with Crippen LogP contribution < -0.4 is 15.4 Å². The summed E-state index contributed by atoms with van der Waals surface area (Å²) in [6.07, 6.45) is 2.82. The first-order chi connectivity index (χ1) is 13.5. The van der Waals surface area contributed by atoms with Crippen LogP contribution in [0.4, 0.5) is 0 Å². The minimum atomic E-state index is -3.66. The number of hydrogen-bond acceptors (Lipinski definition) is 5. The lowest BCUT2D eigenvalue weighted by atomic mass is 10.1. The fourth-order valence-electron chi connectivity index (χ4n) is 2.32. The number of rotatable bonds is 12. The number of carbonyl (C=O) groups is 2. The average Bonchev–Trinajstić information content (AvgIpc) is 2.63. The summed E-state index contributed by atoms with van der Waals surface area (Å²) in [6.45, 7) is 8.98. The zero-order valence-electron chi connectivity index (χ0n) is 17.7. The van der Waals surface area contributed by atoms with Gasteiger partial charge in [-0.25, -0.2) is 13.1 Å². The van der Waals surface area contributed by atoms with Crippen LogP contribution in [0.5, 0.6) is 0 Å². The van der Waals surface area contributed by atoms with Gasteiger partial charge in [-0.2, -0.15) is 0 Å². The summed E-state index contributed by atoms with van der Waals surface area (Å²) in [5, 5.41) is 5.23. The van der Waals surface area contributed by atoms with Crippen molar-refractivity contribution in [2.75, 3.05) is 26.3 Å². The number of amides is 2. The quantitative estimate of drug-likeness (QED) is 0.440. The van der Waals surface area contributed by atoms with Gasteiger partial charge in [0, 0.05) is 30.9 Å². The molecule has 0 aromatic heterocycles. The SMILES string of the molecule is CCCCOCCCNC(=O)CNC(=O)c1ccc(S(=O)(=O)NC(C)(C)C)cc1.